The van der Waals surface area contributed by atoms with Crippen molar-refractivity contribution in [1.82, 2.24) is 29.9 Å². The number of hydrogen-bond acceptors (Lipinski definition) is 6. The molecular weight excluding hydrogens is 465 g/mol. The molecule has 0 fully saturated rings. The standard InChI is InChI=1S/C23H19F3N6O3/c1-35-19-11-31(10-18-28-29-21(20(25)26)32(18)19)23(34)15-8-12(6-7-16(15)24)9-17-13-4-2-3-5-14(13)22(33)30-27-17/h2-8,19-20H,9-11H2,1H3,(H,30,33). The zero-order valence-electron chi connectivity index (χ0n) is 18.4. The van der Waals surface area contributed by atoms with Crippen LogP contribution in [0.25, 0.3) is 10.8 Å². The second-order valence-electron chi connectivity index (χ2n) is 8.06. The van der Waals surface area contributed by atoms with E-state index in [2.05, 4.69) is 20.4 Å². The summed E-state index contributed by atoms with van der Waals surface area (Å²) >= 11 is 0. The number of H-pyrrole nitrogens is 1. The SMILES string of the molecule is COC1CN(C(=O)c2cc(Cc3n[nH]c(=O)c4ccccc34)ccc2F)Cc2nnc(C(F)F)n21. The number of nitrogens with one attached hydrogen (secondary N) is 1. The van der Waals surface area contributed by atoms with Crippen LogP contribution < -0.4 is 5.56 Å². The van der Waals surface area contributed by atoms with E-state index in [1.54, 1.807) is 24.3 Å². The number of fused-ring (bicyclic) bond motifs is 2. The van der Waals surface area contributed by atoms with Crippen LogP contribution in [0, 0.1) is 5.82 Å². The zero-order valence-corrected chi connectivity index (χ0v) is 18.4. The molecule has 2 aromatic heterocycles. The van der Waals surface area contributed by atoms with Gasteiger partial charge in [-0.2, -0.15) is 5.10 Å². The molecule has 1 aliphatic rings. The van der Waals surface area contributed by atoms with Crippen molar-refractivity contribution in [2.75, 3.05) is 13.7 Å². The number of nitrogens with zero attached hydrogens (tertiary/aromatic N) is 5. The zero-order chi connectivity index (χ0) is 24.7. The van der Waals surface area contributed by atoms with Crippen LogP contribution in [0.3, 0.4) is 0 Å². The summed E-state index contributed by atoms with van der Waals surface area (Å²) in [6.45, 7) is -0.218. The summed E-state index contributed by atoms with van der Waals surface area (Å²) in [4.78, 5) is 26.6. The number of benzene rings is 2. The molecule has 12 heteroatoms. The van der Waals surface area contributed by atoms with Gasteiger partial charge in [-0.1, -0.05) is 24.3 Å². The highest BCUT2D eigenvalue weighted by atomic mass is 19.3. The first-order chi connectivity index (χ1) is 16.9. The lowest BCUT2D eigenvalue weighted by Gasteiger charge is -2.33. The van der Waals surface area contributed by atoms with Gasteiger partial charge in [-0.15, -0.1) is 10.2 Å². The van der Waals surface area contributed by atoms with E-state index in [0.717, 1.165) is 4.57 Å². The molecule has 0 saturated heterocycles. The van der Waals surface area contributed by atoms with Crippen LogP contribution in [0.15, 0.2) is 47.3 Å². The molecule has 4 aromatic rings. The number of ether oxygens (including phenoxy) is 1. The van der Waals surface area contributed by atoms with Crippen molar-refractivity contribution in [2.45, 2.75) is 25.6 Å². The first-order valence-corrected chi connectivity index (χ1v) is 10.7. The van der Waals surface area contributed by atoms with Gasteiger partial charge in [-0.05, 0) is 23.8 Å². The van der Waals surface area contributed by atoms with Crippen molar-refractivity contribution < 1.29 is 22.7 Å². The Hall–Kier alpha value is -4.06. The van der Waals surface area contributed by atoms with Crippen molar-refractivity contribution in [2.24, 2.45) is 0 Å². The van der Waals surface area contributed by atoms with Crippen molar-refractivity contribution in [3.63, 3.8) is 0 Å². The molecule has 0 aliphatic carbocycles. The fourth-order valence-electron chi connectivity index (χ4n) is 4.26. The first-order valence-electron chi connectivity index (χ1n) is 10.7. The molecule has 1 aliphatic heterocycles. The highest BCUT2D eigenvalue weighted by Gasteiger charge is 2.35. The molecule has 0 radical (unpaired) electrons. The Bertz CT molecular complexity index is 1490. The van der Waals surface area contributed by atoms with Gasteiger partial charge >= 0.3 is 0 Å². The molecule has 9 nitrogen and oxygen atoms in total. The molecule has 0 bridgehead atoms. The Morgan fingerprint density at radius 3 is 2.71 bits per heavy atom. The number of halogens is 3. The van der Waals surface area contributed by atoms with Crippen LogP contribution in [0.4, 0.5) is 13.2 Å². The number of alkyl halides is 2. The number of methoxy groups -OCH3 is 1. The molecule has 180 valence electrons. The maximum absolute atomic E-state index is 14.7. The summed E-state index contributed by atoms with van der Waals surface area (Å²) in [5.74, 6) is -1.80. The van der Waals surface area contributed by atoms with Gasteiger partial charge in [0.1, 0.15) is 5.82 Å². The third-order valence-corrected chi connectivity index (χ3v) is 5.95. The van der Waals surface area contributed by atoms with Gasteiger partial charge in [-0.25, -0.2) is 18.3 Å². The van der Waals surface area contributed by atoms with Gasteiger partial charge < -0.3 is 9.64 Å². The van der Waals surface area contributed by atoms with Crippen molar-refractivity contribution in [1.29, 1.82) is 0 Å². The molecule has 0 saturated carbocycles. The van der Waals surface area contributed by atoms with Gasteiger partial charge in [-0.3, -0.25) is 14.2 Å². The third-order valence-electron chi connectivity index (χ3n) is 5.95. The van der Waals surface area contributed by atoms with Crippen LogP contribution in [-0.2, 0) is 17.7 Å². The fourth-order valence-corrected chi connectivity index (χ4v) is 4.26. The number of amides is 1. The summed E-state index contributed by atoms with van der Waals surface area (Å²) in [5, 5.41) is 15.0. The quantitative estimate of drug-likeness (QED) is 0.467. The molecule has 35 heavy (non-hydrogen) atoms. The summed E-state index contributed by atoms with van der Waals surface area (Å²) in [7, 11) is 1.32. The van der Waals surface area contributed by atoms with E-state index in [0.29, 0.717) is 22.0 Å². The number of aromatic amines is 1. The molecule has 1 unspecified atom stereocenters. The van der Waals surface area contributed by atoms with Crippen molar-refractivity contribution in [3.05, 3.63) is 87.1 Å². The second-order valence-corrected chi connectivity index (χ2v) is 8.06. The largest absolute Gasteiger partial charge is 0.359 e. The van der Waals surface area contributed by atoms with Crippen LogP contribution in [-0.4, -0.2) is 49.4 Å². The monoisotopic (exact) mass is 484 g/mol. The Morgan fingerprint density at radius 2 is 1.97 bits per heavy atom. The Kier molecular flexibility index (Phi) is 5.81. The van der Waals surface area contributed by atoms with Gasteiger partial charge in [0.25, 0.3) is 17.9 Å². The Balaban J connectivity index is 1.45. The van der Waals surface area contributed by atoms with Crippen LogP contribution >= 0.6 is 0 Å². The molecule has 5 rings (SSSR count). The summed E-state index contributed by atoms with van der Waals surface area (Å²) in [6, 6.07) is 11.1. The average molecular weight is 484 g/mol. The molecule has 3 heterocycles. The minimum atomic E-state index is -2.86. The molecule has 1 atom stereocenters. The smallest absolute Gasteiger partial charge is 0.297 e. The number of carbonyl (C=O) groups excluding carboxylic acids is 1. The lowest BCUT2D eigenvalue weighted by atomic mass is 10.0. The van der Waals surface area contributed by atoms with Crippen molar-refractivity contribution >= 4 is 16.7 Å². The first kappa shape index (κ1) is 22.7. The number of aromatic nitrogens is 5. The Labute approximate surface area is 196 Å². The van der Waals surface area contributed by atoms with Crippen LogP contribution in [0.1, 0.15) is 45.9 Å². The molecule has 0 spiro atoms. The normalized spacial score (nSPS) is 15.6. The van der Waals surface area contributed by atoms with Gasteiger partial charge in [0.2, 0.25) is 5.82 Å². The fraction of sp³-hybridized carbons (Fsp3) is 0.261. The lowest BCUT2D eigenvalue weighted by Crippen LogP contribution is -2.42. The average Bonchev–Trinajstić information content (AvgIpc) is 3.30. The third kappa shape index (κ3) is 4.05. The lowest BCUT2D eigenvalue weighted by molar-refractivity contribution is -0.0149. The summed E-state index contributed by atoms with van der Waals surface area (Å²) in [5.41, 5.74) is 0.659. The van der Waals surface area contributed by atoms with Crippen LogP contribution in [0.5, 0.6) is 0 Å². The predicted octanol–water partition coefficient (Wildman–Crippen LogP) is 2.98. The summed E-state index contributed by atoms with van der Waals surface area (Å²) < 4.78 is 47.7. The molecule has 2 aromatic carbocycles. The van der Waals surface area contributed by atoms with E-state index in [4.69, 9.17) is 4.74 Å². The predicted molar refractivity (Wildman–Crippen MR) is 117 cm³/mol. The topological polar surface area (TPSA) is 106 Å². The molecular formula is C23H19F3N6O3. The highest BCUT2D eigenvalue weighted by Crippen LogP contribution is 2.29. The van der Waals surface area contributed by atoms with Crippen LogP contribution in [0.2, 0.25) is 0 Å². The van der Waals surface area contributed by atoms with E-state index in [9.17, 15) is 22.8 Å². The number of rotatable bonds is 5. The van der Waals surface area contributed by atoms with E-state index in [1.165, 1.54) is 30.2 Å². The number of carbonyl (C=O) groups is 1. The number of hydrogen-bond donors (Lipinski definition) is 1. The maximum atomic E-state index is 14.7. The second kappa shape index (κ2) is 8.95. The van der Waals surface area contributed by atoms with Gasteiger partial charge in [0.15, 0.2) is 12.1 Å². The van der Waals surface area contributed by atoms with Gasteiger partial charge in [0, 0.05) is 18.9 Å². The molecule has 1 N–H and O–H groups in total. The van der Waals surface area contributed by atoms with E-state index < -0.39 is 30.2 Å². The summed E-state index contributed by atoms with van der Waals surface area (Å²) in [6.07, 6.45) is -3.56. The highest BCUT2D eigenvalue weighted by molar-refractivity contribution is 5.94. The Morgan fingerprint density at radius 1 is 1.20 bits per heavy atom. The minimum Gasteiger partial charge on any atom is -0.359 e. The minimum absolute atomic E-state index is 0.0874. The molecule has 1 amide bonds. The van der Waals surface area contributed by atoms with Gasteiger partial charge in [0.05, 0.1) is 29.7 Å². The maximum Gasteiger partial charge on any atom is 0.297 e. The van der Waals surface area contributed by atoms with E-state index >= 15 is 0 Å². The van der Waals surface area contributed by atoms with E-state index in [-0.39, 0.29) is 36.5 Å². The van der Waals surface area contributed by atoms with Crippen molar-refractivity contribution in [3.8, 4) is 0 Å². The van der Waals surface area contributed by atoms with E-state index in [1.807, 2.05) is 0 Å².